The number of aryl methyl sites for hydroxylation is 1. The Bertz CT molecular complexity index is 520. The van der Waals surface area contributed by atoms with Gasteiger partial charge in [0, 0.05) is 7.05 Å². The molecule has 0 aliphatic carbocycles. The highest BCUT2D eigenvalue weighted by Gasteiger charge is 2.05. The lowest BCUT2D eigenvalue weighted by Gasteiger charge is -2.04. The molecule has 1 N–H and O–H groups in total. The van der Waals surface area contributed by atoms with Gasteiger partial charge in [-0.25, -0.2) is 4.79 Å². The number of imidazole rings is 1. The fourth-order valence-corrected chi connectivity index (χ4v) is 1.61. The van der Waals surface area contributed by atoms with E-state index in [4.69, 9.17) is 0 Å². The van der Waals surface area contributed by atoms with Crippen LogP contribution in [-0.2, 0) is 7.05 Å². The summed E-state index contributed by atoms with van der Waals surface area (Å²) in [6.07, 6.45) is 0. The highest BCUT2D eigenvalue weighted by Crippen LogP contribution is 2.18. The molecule has 0 aliphatic rings. The molecule has 0 saturated carbocycles. The van der Waals surface area contributed by atoms with Crippen LogP contribution in [0.1, 0.15) is 39.2 Å². The fourth-order valence-electron chi connectivity index (χ4n) is 1.61. The zero-order valence-corrected chi connectivity index (χ0v) is 10.7. The molecule has 88 valence electrons. The van der Waals surface area contributed by atoms with Gasteiger partial charge < -0.3 is 4.98 Å². The van der Waals surface area contributed by atoms with Gasteiger partial charge in [-0.3, -0.25) is 4.57 Å². The summed E-state index contributed by atoms with van der Waals surface area (Å²) in [5, 5.41) is 0. The van der Waals surface area contributed by atoms with Gasteiger partial charge in [-0.1, -0.05) is 33.8 Å². The number of benzene rings is 1. The molecular weight excluding hydrogens is 200 g/mol. The minimum Gasteiger partial charge on any atom is -0.306 e. The van der Waals surface area contributed by atoms with E-state index in [0.29, 0.717) is 5.92 Å². The molecule has 1 aromatic heterocycles. The maximum atomic E-state index is 11.3. The number of nitrogens with zero attached hydrogens (tertiary/aromatic N) is 1. The molecule has 0 saturated heterocycles. The van der Waals surface area contributed by atoms with Gasteiger partial charge in [0.05, 0.1) is 11.0 Å². The van der Waals surface area contributed by atoms with Crippen molar-refractivity contribution in [1.29, 1.82) is 0 Å². The second kappa shape index (κ2) is 5.01. The van der Waals surface area contributed by atoms with Gasteiger partial charge in [0.25, 0.3) is 0 Å². The third kappa shape index (κ3) is 2.18. The maximum Gasteiger partial charge on any atom is 0.326 e. The zero-order valence-electron chi connectivity index (χ0n) is 10.7. The van der Waals surface area contributed by atoms with Crippen LogP contribution in [0.5, 0.6) is 0 Å². The Morgan fingerprint density at radius 2 is 1.88 bits per heavy atom. The Morgan fingerprint density at radius 3 is 2.44 bits per heavy atom. The van der Waals surface area contributed by atoms with Gasteiger partial charge in [-0.15, -0.1) is 0 Å². The molecule has 2 aromatic rings. The minimum absolute atomic E-state index is 0.0547. The van der Waals surface area contributed by atoms with Crippen molar-refractivity contribution in [2.24, 2.45) is 7.05 Å². The predicted octanol–water partition coefficient (Wildman–Crippen LogP) is 3.02. The zero-order chi connectivity index (χ0) is 12.3. The Morgan fingerprint density at radius 1 is 1.25 bits per heavy atom. The van der Waals surface area contributed by atoms with Crippen molar-refractivity contribution in [3.63, 3.8) is 0 Å². The average Bonchev–Trinajstić information content (AvgIpc) is 2.57. The summed E-state index contributed by atoms with van der Waals surface area (Å²) in [6.45, 7) is 8.28. The number of aromatic amines is 1. The standard InChI is InChI=1S/C11H14N2O.C2H6/c1-7(2)8-4-5-10-9(6-8)12-11(14)13(10)3;1-2/h4-7H,1-3H3,(H,12,14);1-2H3. The molecule has 0 radical (unpaired) electrons. The van der Waals surface area contributed by atoms with Crippen molar-refractivity contribution in [3.05, 3.63) is 34.2 Å². The second-order valence-corrected chi connectivity index (χ2v) is 3.92. The first-order valence-corrected chi connectivity index (χ1v) is 5.78. The van der Waals surface area contributed by atoms with E-state index in [0.717, 1.165) is 11.0 Å². The fraction of sp³-hybridized carbons (Fsp3) is 0.462. The number of nitrogens with one attached hydrogen (secondary N) is 1. The largest absolute Gasteiger partial charge is 0.326 e. The highest BCUT2D eigenvalue weighted by atomic mass is 16.1. The Balaban J connectivity index is 0.000000606. The molecule has 0 bridgehead atoms. The van der Waals surface area contributed by atoms with Gasteiger partial charge in [0.15, 0.2) is 0 Å². The first-order chi connectivity index (χ1) is 7.59. The lowest BCUT2D eigenvalue weighted by atomic mass is 10.0. The summed E-state index contributed by atoms with van der Waals surface area (Å²) in [5.74, 6) is 0.489. The van der Waals surface area contributed by atoms with Crippen LogP contribution in [0.15, 0.2) is 23.0 Å². The number of aromatic nitrogens is 2. The SMILES string of the molecule is CC.CC(C)c1ccc2c(c1)[nH]c(=O)n2C. The summed E-state index contributed by atoms with van der Waals surface area (Å²) in [6, 6.07) is 6.10. The summed E-state index contributed by atoms with van der Waals surface area (Å²) in [5.41, 5.74) is 3.07. The number of fused-ring (bicyclic) bond motifs is 1. The molecule has 3 heteroatoms. The third-order valence-corrected chi connectivity index (χ3v) is 2.59. The van der Waals surface area contributed by atoms with E-state index in [1.165, 1.54) is 5.56 Å². The van der Waals surface area contributed by atoms with Crippen molar-refractivity contribution in [3.8, 4) is 0 Å². The molecule has 0 amide bonds. The van der Waals surface area contributed by atoms with Crippen molar-refractivity contribution in [2.45, 2.75) is 33.6 Å². The van der Waals surface area contributed by atoms with Gasteiger partial charge in [0.2, 0.25) is 0 Å². The smallest absolute Gasteiger partial charge is 0.306 e. The quantitative estimate of drug-likeness (QED) is 0.788. The molecule has 1 aromatic carbocycles. The summed E-state index contributed by atoms with van der Waals surface area (Å²) >= 11 is 0. The van der Waals surface area contributed by atoms with E-state index < -0.39 is 0 Å². The average molecular weight is 220 g/mol. The van der Waals surface area contributed by atoms with Crippen LogP contribution in [0.2, 0.25) is 0 Å². The number of H-pyrrole nitrogens is 1. The van der Waals surface area contributed by atoms with Gasteiger partial charge >= 0.3 is 5.69 Å². The highest BCUT2D eigenvalue weighted by molar-refractivity contribution is 5.76. The lowest BCUT2D eigenvalue weighted by Crippen LogP contribution is -2.11. The van der Waals surface area contributed by atoms with Crippen molar-refractivity contribution in [2.75, 3.05) is 0 Å². The van der Waals surface area contributed by atoms with Crippen LogP contribution in [0, 0.1) is 0 Å². The van der Waals surface area contributed by atoms with E-state index in [9.17, 15) is 4.79 Å². The lowest BCUT2D eigenvalue weighted by molar-refractivity contribution is 0.867. The van der Waals surface area contributed by atoms with Crippen LogP contribution < -0.4 is 5.69 Å². The maximum absolute atomic E-state index is 11.3. The Hall–Kier alpha value is -1.51. The molecule has 0 spiro atoms. The molecule has 0 aliphatic heterocycles. The monoisotopic (exact) mass is 220 g/mol. The molecule has 0 atom stereocenters. The van der Waals surface area contributed by atoms with Gasteiger partial charge in [0.1, 0.15) is 0 Å². The minimum atomic E-state index is -0.0547. The van der Waals surface area contributed by atoms with Gasteiger partial charge in [-0.05, 0) is 23.6 Å². The van der Waals surface area contributed by atoms with Crippen molar-refractivity contribution < 1.29 is 0 Å². The molecule has 0 unspecified atom stereocenters. The topological polar surface area (TPSA) is 37.8 Å². The van der Waals surface area contributed by atoms with Crippen LogP contribution in [0.25, 0.3) is 11.0 Å². The van der Waals surface area contributed by atoms with Crippen LogP contribution >= 0.6 is 0 Å². The molecule has 16 heavy (non-hydrogen) atoms. The Kier molecular flexibility index (Phi) is 3.93. The van der Waals surface area contributed by atoms with Crippen molar-refractivity contribution >= 4 is 11.0 Å². The molecule has 3 nitrogen and oxygen atoms in total. The van der Waals surface area contributed by atoms with Crippen LogP contribution in [-0.4, -0.2) is 9.55 Å². The van der Waals surface area contributed by atoms with E-state index in [1.54, 1.807) is 11.6 Å². The first-order valence-electron chi connectivity index (χ1n) is 5.78. The molecule has 2 rings (SSSR count). The summed E-state index contributed by atoms with van der Waals surface area (Å²) < 4.78 is 1.62. The van der Waals surface area contributed by atoms with Crippen molar-refractivity contribution in [1.82, 2.24) is 9.55 Å². The normalized spacial score (nSPS) is 10.4. The summed E-state index contributed by atoms with van der Waals surface area (Å²) in [4.78, 5) is 14.2. The predicted molar refractivity (Wildman–Crippen MR) is 69.0 cm³/mol. The Labute approximate surface area is 96.1 Å². The van der Waals surface area contributed by atoms with Crippen LogP contribution in [0.4, 0.5) is 0 Å². The van der Waals surface area contributed by atoms with E-state index in [-0.39, 0.29) is 5.69 Å². The van der Waals surface area contributed by atoms with Gasteiger partial charge in [-0.2, -0.15) is 0 Å². The molecular formula is C13H20N2O. The van der Waals surface area contributed by atoms with E-state index in [1.807, 2.05) is 26.0 Å². The third-order valence-electron chi connectivity index (χ3n) is 2.59. The second-order valence-electron chi connectivity index (χ2n) is 3.92. The number of rotatable bonds is 1. The molecule has 1 heterocycles. The molecule has 0 fully saturated rings. The van der Waals surface area contributed by atoms with E-state index >= 15 is 0 Å². The van der Waals surface area contributed by atoms with Crippen LogP contribution in [0.3, 0.4) is 0 Å². The number of hydrogen-bond acceptors (Lipinski definition) is 1. The number of hydrogen-bond donors (Lipinski definition) is 1. The first kappa shape index (κ1) is 12.6. The summed E-state index contributed by atoms with van der Waals surface area (Å²) in [7, 11) is 1.77. The van der Waals surface area contributed by atoms with E-state index in [2.05, 4.69) is 24.9 Å².